The van der Waals surface area contributed by atoms with Crippen molar-refractivity contribution < 1.29 is 31.0 Å². The Morgan fingerprint density at radius 2 is 1.62 bits per heavy atom. The van der Waals surface area contributed by atoms with Gasteiger partial charge in [0.25, 0.3) is 0 Å². The van der Waals surface area contributed by atoms with E-state index in [9.17, 15) is 0 Å². The third-order valence-corrected chi connectivity index (χ3v) is 0.970. The zero-order chi connectivity index (χ0) is 9.56. The third kappa shape index (κ3) is 7.59. The van der Waals surface area contributed by atoms with E-state index in [2.05, 4.69) is 9.97 Å². The summed E-state index contributed by atoms with van der Waals surface area (Å²) < 4.78 is 0. The summed E-state index contributed by atoms with van der Waals surface area (Å²) in [5.74, 6) is 0. The molecule has 1 aromatic heterocycles. The van der Waals surface area contributed by atoms with Crippen LogP contribution in [0, 0.1) is 13.8 Å². The zero-order valence-electron chi connectivity index (χ0n) is 7.74. The van der Waals surface area contributed by atoms with Gasteiger partial charge in [0, 0.05) is 32.5 Å². The molecular formula is C8H11N2O2W-. The molecule has 72 valence electrons. The van der Waals surface area contributed by atoms with Crippen LogP contribution in [0.5, 0.6) is 6.01 Å². The van der Waals surface area contributed by atoms with E-state index in [0.29, 0.717) is 0 Å². The van der Waals surface area contributed by atoms with Crippen LogP contribution < -0.4 is 0 Å². The van der Waals surface area contributed by atoms with Gasteiger partial charge < -0.3 is 9.90 Å². The number of aromatic nitrogens is 2. The second-order valence-corrected chi connectivity index (χ2v) is 2.15. The Morgan fingerprint density at radius 1 is 1.31 bits per heavy atom. The first-order valence-corrected chi connectivity index (χ1v) is 3.40. The predicted octanol–water partition coefficient (Wildman–Crippen LogP) is 0.913. The molecule has 4 nitrogen and oxygen atoms in total. The van der Waals surface area contributed by atoms with Crippen molar-refractivity contribution in [1.82, 2.24) is 9.97 Å². The molecule has 0 fully saturated rings. The van der Waals surface area contributed by atoms with Gasteiger partial charge in [-0.05, 0) is 19.9 Å². The fourth-order valence-corrected chi connectivity index (χ4v) is 0.707. The summed E-state index contributed by atoms with van der Waals surface area (Å²) in [4.78, 5) is 16.0. The van der Waals surface area contributed by atoms with Crippen LogP contribution in [0.1, 0.15) is 18.3 Å². The van der Waals surface area contributed by atoms with Crippen LogP contribution in [0.25, 0.3) is 0 Å². The molecule has 13 heavy (non-hydrogen) atoms. The van der Waals surface area contributed by atoms with Crippen molar-refractivity contribution in [3.63, 3.8) is 0 Å². The Morgan fingerprint density at radius 3 is 1.85 bits per heavy atom. The summed E-state index contributed by atoms with van der Waals surface area (Å²) in [6.07, 6.45) is 1.50. The van der Waals surface area contributed by atoms with Crippen molar-refractivity contribution in [1.29, 1.82) is 0 Å². The summed E-state index contributed by atoms with van der Waals surface area (Å²) >= 11 is 0. The van der Waals surface area contributed by atoms with Crippen molar-refractivity contribution >= 4 is 6.29 Å². The van der Waals surface area contributed by atoms with Crippen LogP contribution in [0.4, 0.5) is 0 Å². The Bertz CT molecular complexity index is 216. The van der Waals surface area contributed by atoms with E-state index < -0.39 is 0 Å². The zero-order valence-corrected chi connectivity index (χ0v) is 10.7. The van der Waals surface area contributed by atoms with Crippen LogP contribution in [-0.4, -0.2) is 21.4 Å². The fraction of sp³-hybridized carbons (Fsp3) is 0.375. The minimum Gasteiger partial charge on any atom is -0.542 e. The average Bonchev–Trinajstić information content (AvgIpc) is 1.84. The molecule has 1 rings (SSSR count). The van der Waals surface area contributed by atoms with Gasteiger partial charge in [-0.3, -0.25) is 6.29 Å². The van der Waals surface area contributed by atoms with Gasteiger partial charge in [-0.25, -0.2) is 9.97 Å². The molecule has 0 radical (unpaired) electrons. The number of rotatable bonds is 0. The summed E-state index contributed by atoms with van der Waals surface area (Å²) in [6, 6.07) is 1.66. The normalized spacial score (nSPS) is 7.62. The van der Waals surface area contributed by atoms with Crippen LogP contribution in [0.15, 0.2) is 6.07 Å². The molecule has 0 aliphatic rings. The second-order valence-electron chi connectivity index (χ2n) is 2.15. The quantitative estimate of drug-likeness (QED) is 0.706. The monoisotopic (exact) mass is 351 g/mol. The number of hydrogen-bond donors (Lipinski definition) is 1. The molecule has 0 unspecified atom stereocenters. The number of carbonyl (C=O) groups excluding carboxylic acids is 1. The number of nitrogens with zero attached hydrogens (tertiary/aromatic N) is 2. The fourth-order valence-electron chi connectivity index (χ4n) is 0.707. The van der Waals surface area contributed by atoms with Crippen molar-refractivity contribution in [2.24, 2.45) is 0 Å². The molecule has 0 aliphatic carbocycles. The van der Waals surface area contributed by atoms with E-state index >= 15 is 0 Å². The summed E-state index contributed by atoms with van der Waals surface area (Å²) in [5, 5.41) is 8.77. The first-order valence-electron chi connectivity index (χ1n) is 3.40. The van der Waals surface area contributed by atoms with Crippen molar-refractivity contribution in [3.05, 3.63) is 17.5 Å². The maximum absolute atomic E-state index is 8.77. The minimum absolute atomic E-state index is 0. The topological polar surface area (TPSA) is 63.1 Å². The largest absolute Gasteiger partial charge is 0.542 e. The van der Waals surface area contributed by atoms with Crippen LogP contribution in [0.3, 0.4) is 0 Å². The maximum Gasteiger partial charge on any atom is 0.314 e. The maximum atomic E-state index is 8.77. The van der Waals surface area contributed by atoms with Gasteiger partial charge in [-0.15, -0.1) is 0 Å². The second kappa shape index (κ2) is 7.87. The van der Waals surface area contributed by atoms with Crippen LogP contribution in [0.2, 0.25) is 0 Å². The van der Waals surface area contributed by atoms with E-state index in [1.807, 2.05) is 13.8 Å². The molecule has 0 saturated heterocycles. The SMILES string of the molecule is C[C-]=O.Cc1cc(C)nc(O)n1.[W]. The molecule has 1 N–H and O–H groups in total. The number of aryl methyl sites for hydroxylation is 2. The summed E-state index contributed by atoms with van der Waals surface area (Å²) in [7, 11) is 0. The smallest absolute Gasteiger partial charge is 0.314 e. The standard InChI is InChI=1S/C6H8N2O.C2H3O.W/c1-4-3-5(2)8-6(9)7-4;1-2-3;/h3H,1-2H3,(H,7,8,9);1H3;/q;-1;. The van der Waals surface area contributed by atoms with Gasteiger partial charge in [0.1, 0.15) is 0 Å². The third-order valence-electron chi connectivity index (χ3n) is 0.970. The van der Waals surface area contributed by atoms with E-state index in [1.165, 1.54) is 13.2 Å². The van der Waals surface area contributed by atoms with E-state index in [4.69, 9.17) is 9.90 Å². The molecule has 1 aromatic rings. The molecule has 0 atom stereocenters. The Hall–Kier alpha value is -0.762. The first kappa shape index (κ1) is 14.7. The van der Waals surface area contributed by atoms with Crippen molar-refractivity contribution in [3.8, 4) is 6.01 Å². The molecule has 1 heterocycles. The van der Waals surface area contributed by atoms with Gasteiger partial charge in [-0.2, -0.15) is 6.92 Å². The molecule has 0 aromatic carbocycles. The molecule has 0 spiro atoms. The molecule has 0 bridgehead atoms. The number of hydrogen-bond acceptors (Lipinski definition) is 4. The van der Waals surface area contributed by atoms with Gasteiger partial charge in [0.05, 0.1) is 0 Å². The summed E-state index contributed by atoms with van der Waals surface area (Å²) in [6.45, 7) is 4.95. The van der Waals surface area contributed by atoms with E-state index in [-0.39, 0.29) is 27.1 Å². The first-order chi connectivity index (χ1) is 5.60. The Labute approximate surface area is 91.7 Å². The van der Waals surface area contributed by atoms with Crippen LogP contribution in [-0.2, 0) is 25.9 Å². The van der Waals surface area contributed by atoms with Gasteiger partial charge in [-0.1, -0.05) is 0 Å². The average molecular weight is 351 g/mol. The van der Waals surface area contributed by atoms with Crippen LogP contribution >= 0.6 is 0 Å². The van der Waals surface area contributed by atoms with Gasteiger partial charge >= 0.3 is 6.01 Å². The minimum atomic E-state index is -0.146. The number of aromatic hydroxyl groups is 1. The van der Waals surface area contributed by atoms with Gasteiger partial charge in [0.15, 0.2) is 0 Å². The van der Waals surface area contributed by atoms with Gasteiger partial charge in [0.2, 0.25) is 0 Å². The molecule has 0 amide bonds. The van der Waals surface area contributed by atoms with E-state index in [1.54, 1.807) is 6.07 Å². The van der Waals surface area contributed by atoms with Crippen molar-refractivity contribution in [2.45, 2.75) is 20.8 Å². The molecule has 5 heteroatoms. The molecule has 0 saturated carbocycles. The predicted molar refractivity (Wildman–Crippen MR) is 44.5 cm³/mol. The molecular weight excluding hydrogens is 340 g/mol. The molecule has 0 aliphatic heterocycles. The van der Waals surface area contributed by atoms with Crippen molar-refractivity contribution in [2.75, 3.05) is 0 Å². The Balaban J connectivity index is 0. The summed E-state index contributed by atoms with van der Waals surface area (Å²) in [5.41, 5.74) is 1.58. The van der Waals surface area contributed by atoms with E-state index in [0.717, 1.165) is 11.4 Å². The Kier molecular flexibility index (Phi) is 8.92.